The first-order valence-corrected chi connectivity index (χ1v) is 11.3. The third-order valence-electron chi connectivity index (χ3n) is 6.62. The number of hydrogen-bond donors (Lipinski definition) is 1. The molecule has 2 fully saturated rings. The molecule has 2 amide bonds. The molecule has 1 saturated heterocycles. The molecule has 1 atom stereocenters. The minimum atomic E-state index is -0.0194. The Morgan fingerprint density at radius 1 is 0.897 bits per heavy atom. The summed E-state index contributed by atoms with van der Waals surface area (Å²) in [6.07, 6.45) is 9.13. The van der Waals surface area contributed by atoms with E-state index in [1.54, 1.807) is 0 Å². The van der Waals surface area contributed by atoms with E-state index in [2.05, 4.69) is 10.2 Å². The van der Waals surface area contributed by atoms with Gasteiger partial charge >= 0.3 is 0 Å². The summed E-state index contributed by atoms with van der Waals surface area (Å²) in [7, 11) is 0. The lowest BCUT2D eigenvalue weighted by atomic mass is 9.93. The van der Waals surface area contributed by atoms with Crippen molar-refractivity contribution >= 4 is 22.6 Å². The second-order valence-corrected chi connectivity index (χ2v) is 8.72. The van der Waals surface area contributed by atoms with E-state index in [0.717, 1.165) is 55.1 Å². The molecule has 1 aliphatic carbocycles. The summed E-state index contributed by atoms with van der Waals surface area (Å²) >= 11 is 0. The zero-order chi connectivity index (χ0) is 20.1. The second-order valence-electron chi connectivity index (χ2n) is 8.72. The van der Waals surface area contributed by atoms with Crippen LogP contribution in [0, 0.1) is 11.8 Å². The van der Waals surface area contributed by atoms with Gasteiger partial charge in [-0.2, -0.15) is 0 Å². The Kier molecular flexibility index (Phi) is 6.48. The van der Waals surface area contributed by atoms with E-state index in [1.807, 2.05) is 42.5 Å². The van der Waals surface area contributed by atoms with Crippen LogP contribution in [0.25, 0.3) is 10.8 Å². The monoisotopic (exact) mass is 392 g/mol. The van der Waals surface area contributed by atoms with Crippen molar-refractivity contribution in [2.45, 2.75) is 51.4 Å². The Bertz CT molecular complexity index is 850. The zero-order valence-electron chi connectivity index (χ0n) is 17.2. The maximum absolute atomic E-state index is 13.0. The van der Waals surface area contributed by atoms with Crippen LogP contribution >= 0.6 is 0 Å². The predicted octanol–water partition coefficient (Wildman–Crippen LogP) is 4.78. The van der Waals surface area contributed by atoms with Gasteiger partial charge in [0.15, 0.2) is 0 Å². The Morgan fingerprint density at radius 3 is 2.48 bits per heavy atom. The first-order valence-electron chi connectivity index (χ1n) is 11.3. The van der Waals surface area contributed by atoms with Crippen LogP contribution in [0.2, 0.25) is 0 Å². The number of piperidine rings is 1. The van der Waals surface area contributed by atoms with E-state index in [1.165, 1.54) is 25.7 Å². The molecule has 4 rings (SSSR count). The van der Waals surface area contributed by atoms with Gasteiger partial charge in [0, 0.05) is 31.1 Å². The SMILES string of the molecule is O=C(NC[C@@H]1CCCN(C(=O)C2CCCCCC2)C1)c1cccc2ccccc12. The molecule has 0 spiro atoms. The number of hydrogen-bond acceptors (Lipinski definition) is 2. The van der Waals surface area contributed by atoms with Gasteiger partial charge in [0.05, 0.1) is 0 Å². The minimum absolute atomic E-state index is 0.0194. The Hall–Kier alpha value is -2.36. The molecule has 1 heterocycles. The minimum Gasteiger partial charge on any atom is -0.352 e. The van der Waals surface area contributed by atoms with Crippen molar-refractivity contribution in [3.63, 3.8) is 0 Å². The predicted molar refractivity (Wildman–Crippen MR) is 117 cm³/mol. The smallest absolute Gasteiger partial charge is 0.251 e. The summed E-state index contributed by atoms with van der Waals surface area (Å²) in [6, 6.07) is 13.8. The summed E-state index contributed by atoms with van der Waals surface area (Å²) in [4.78, 5) is 27.9. The summed E-state index contributed by atoms with van der Waals surface area (Å²) in [5.74, 6) is 0.907. The summed E-state index contributed by atoms with van der Waals surface area (Å²) in [6.45, 7) is 2.30. The van der Waals surface area contributed by atoms with Crippen LogP contribution in [0.5, 0.6) is 0 Å². The number of carbonyl (C=O) groups is 2. The lowest BCUT2D eigenvalue weighted by Crippen LogP contribution is -2.45. The van der Waals surface area contributed by atoms with Gasteiger partial charge in [0.25, 0.3) is 5.91 Å². The zero-order valence-corrected chi connectivity index (χ0v) is 17.2. The number of rotatable bonds is 4. The normalized spacial score (nSPS) is 21.0. The molecule has 4 nitrogen and oxygen atoms in total. The topological polar surface area (TPSA) is 49.4 Å². The summed E-state index contributed by atoms with van der Waals surface area (Å²) in [5, 5.41) is 5.20. The Morgan fingerprint density at radius 2 is 1.66 bits per heavy atom. The van der Waals surface area contributed by atoms with E-state index < -0.39 is 0 Å². The lowest BCUT2D eigenvalue weighted by molar-refractivity contribution is -0.137. The highest BCUT2D eigenvalue weighted by Gasteiger charge is 2.29. The summed E-state index contributed by atoms with van der Waals surface area (Å²) in [5.41, 5.74) is 0.727. The number of likely N-dealkylation sites (tertiary alicyclic amines) is 1. The van der Waals surface area contributed by atoms with E-state index in [-0.39, 0.29) is 11.8 Å². The van der Waals surface area contributed by atoms with Crippen molar-refractivity contribution in [3.05, 3.63) is 48.0 Å². The molecule has 154 valence electrons. The molecule has 2 aromatic rings. The number of fused-ring (bicyclic) bond motifs is 1. The highest BCUT2D eigenvalue weighted by Crippen LogP contribution is 2.27. The van der Waals surface area contributed by atoms with Gasteiger partial charge in [-0.1, -0.05) is 62.1 Å². The van der Waals surface area contributed by atoms with E-state index in [0.29, 0.717) is 18.4 Å². The second kappa shape index (κ2) is 9.43. The first kappa shape index (κ1) is 19.9. The number of nitrogens with one attached hydrogen (secondary N) is 1. The van der Waals surface area contributed by atoms with Crippen LogP contribution < -0.4 is 5.32 Å². The number of amides is 2. The van der Waals surface area contributed by atoms with Crippen molar-refractivity contribution in [3.8, 4) is 0 Å². The van der Waals surface area contributed by atoms with E-state index in [9.17, 15) is 9.59 Å². The van der Waals surface area contributed by atoms with E-state index >= 15 is 0 Å². The molecule has 4 heteroatoms. The van der Waals surface area contributed by atoms with Gasteiger partial charge in [-0.15, -0.1) is 0 Å². The van der Waals surface area contributed by atoms with Gasteiger partial charge in [-0.05, 0) is 48.4 Å². The average molecular weight is 393 g/mol. The summed E-state index contributed by atoms with van der Waals surface area (Å²) < 4.78 is 0. The molecular formula is C25H32N2O2. The highest BCUT2D eigenvalue weighted by molar-refractivity contribution is 6.07. The first-order chi connectivity index (χ1) is 14.2. The third-order valence-corrected chi connectivity index (χ3v) is 6.62. The van der Waals surface area contributed by atoms with Crippen LogP contribution in [0.3, 0.4) is 0 Å². The van der Waals surface area contributed by atoms with Crippen molar-refractivity contribution in [1.29, 1.82) is 0 Å². The fourth-order valence-corrected chi connectivity index (χ4v) is 4.97. The van der Waals surface area contributed by atoms with Crippen LogP contribution in [0.4, 0.5) is 0 Å². The molecule has 1 N–H and O–H groups in total. The Labute approximate surface area is 173 Å². The molecule has 29 heavy (non-hydrogen) atoms. The van der Waals surface area contributed by atoms with Crippen LogP contribution in [-0.4, -0.2) is 36.3 Å². The highest BCUT2D eigenvalue weighted by atomic mass is 16.2. The molecule has 0 bridgehead atoms. The molecule has 2 aliphatic rings. The fourth-order valence-electron chi connectivity index (χ4n) is 4.97. The van der Waals surface area contributed by atoms with Crippen LogP contribution in [0.15, 0.2) is 42.5 Å². The third kappa shape index (κ3) is 4.80. The molecule has 0 radical (unpaired) electrons. The van der Waals surface area contributed by atoms with Gasteiger partial charge in [-0.25, -0.2) is 0 Å². The molecule has 0 aromatic heterocycles. The van der Waals surface area contributed by atoms with Crippen molar-refractivity contribution in [2.24, 2.45) is 11.8 Å². The van der Waals surface area contributed by atoms with Crippen LogP contribution in [-0.2, 0) is 4.79 Å². The number of carbonyl (C=O) groups excluding carboxylic acids is 2. The quantitative estimate of drug-likeness (QED) is 0.762. The van der Waals surface area contributed by atoms with Gasteiger partial charge in [-0.3, -0.25) is 9.59 Å². The number of nitrogens with zero attached hydrogens (tertiary/aromatic N) is 1. The van der Waals surface area contributed by atoms with Crippen molar-refractivity contribution < 1.29 is 9.59 Å². The average Bonchev–Trinajstić information content (AvgIpc) is 3.06. The molecule has 1 saturated carbocycles. The molecule has 0 unspecified atom stereocenters. The van der Waals surface area contributed by atoms with Crippen LogP contribution in [0.1, 0.15) is 61.7 Å². The van der Waals surface area contributed by atoms with E-state index in [4.69, 9.17) is 0 Å². The fraction of sp³-hybridized carbons (Fsp3) is 0.520. The molecule has 1 aliphatic heterocycles. The van der Waals surface area contributed by atoms with Crippen molar-refractivity contribution in [1.82, 2.24) is 10.2 Å². The van der Waals surface area contributed by atoms with Crippen molar-refractivity contribution in [2.75, 3.05) is 19.6 Å². The largest absolute Gasteiger partial charge is 0.352 e. The Balaban J connectivity index is 1.34. The standard InChI is InChI=1S/C25H32N2O2/c28-24(23-15-7-13-20-10-5-6-14-22(20)23)26-17-19-9-8-16-27(18-19)25(29)21-11-3-1-2-4-12-21/h5-7,10,13-15,19,21H,1-4,8-9,11-12,16-18H2,(H,26,28)/t19-/m0/s1. The molecular weight excluding hydrogens is 360 g/mol. The maximum atomic E-state index is 13.0. The van der Waals surface area contributed by atoms with Gasteiger partial charge in [0.1, 0.15) is 0 Å². The van der Waals surface area contributed by atoms with Gasteiger partial charge < -0.3 is 10.2 Å². The number of benzene rings is 2. The molecule has 2 aromatic carbocycles. The van der Waals surface area contributed by atoms with Gasteiger partial charge in [0.2, 0.25) is 5.91 Å². The lowest BCUT2D eigenvalue weighted by Gasteiger charge is -2.35. The maximum Gasteiger partial charge on any atom is 0.251 e.